The van der Waals surface area contributed by atoms with E-state index in [4.69, 9.17) is 4.42 Å². The number of hydrogen-bond donors (Lipinski definition) is 1. The maximum Gasteiger partial charge on any atom is 0.341 e. The second-order valence-electron chi connectivity index (χ2n) is 8.40. The molecule has 12 heteroatoms. The standard InChI is InChI=1S/C25H19FN4O7/c26-15-3-5-16(6-4-15)29-14-18(25(33)34)23(31)17-12-21(30(35)36)20(13-19(17)29)27-7-9-28(10-8-27)24(32)22-2-1-11-37-22/h1-6,11-14H,7-10H2,(H,33,34). The quantitative estimate of drug-likeness (QED) is 0.321. The lowest BCUT2D eigenvalue weighted by Crippen LogP contribution is -2.48. The van der Waals surface area contributed by atoms with Crippen molar-refractivity contribution >= 4 is 34.2 Å². The monoisotopic (exact) mass is 506 g/mol. The average Bonchev–Trinajstić information content (AvgIpc) is 3.43. The van der Waals surface area contributed by atoms with Crippen molar-refractivity contribution in [1.29, 1.82) is 0 Å². The minimum atomic E-state index is -1.49. The van der Waals surface area contributed by atoms with Gasteiger partial charge in [-0.3, -0.25) is 19.7 Å². The fraction of sp³-hybridized carbons (Fsp3) is 0.160. The van der Waals surface area contributed by atoms with Crippen LogP contribution in [0.1, 0.15) is 20.9 Å². The third-order valence-corrected chi connectivity index (χ3v) is 6.27. The molecule has 5 rings (SSSR count). The van der Waals surface area contributed by atoms with E-state index in [-0.39, 0.29) is 60.1 Å². The summed E-state index contributed by atoms with van der Waals surface area (Å²) in [6, 6.07) is 10.9. The Hall–Kier alpha value is -5.00. The van der Waals surface area contributed by atoms with Gasteiger partial charge in [0.05, 0.1) is 22.1 Å². The maximum absolute atomic E-state index is 13.5. The second kappa shape index (κ2) is 9.22. The number of aromatic nitrogens is 1. The minimum absolute atomic E-state index is 0.161. The molecule has 1 aliphatic heterocycles. The predicted octanol–water partition coefficient (Wildman–Crippen LogP) is 3.29. The number of piperazine rings is 1. The van der Waals surface area contributed by atoms with Gasteiger partial charge in [0.1, 0.15) is 17.1 Å². The number of rotatable bonds is 5. The van der Waals surface area contributed by atoms with Crippen molar-refractivity contribution in [3.8, 4) is 5.69 Å². The smallest absolute Gasteiger partial charge is 0.341 e. The van der Waals surface area contributed by atoms with Crippen molar-refractivity contribution in [1.82, 2.24) is 9.47 Å². The number of halogens is 1. The third-order valence-electron chi connectivity index (χ3n) is 6.27. The summed E-state index contributed by atoms with van der Waals surface area (Å²) < 4.78 is 20.1. The average molecular weight is 506 g/mol. The Bertz CT molecular complexity index is 1590. The summed E-state index contributed by atoms with van der Waals surface area (Å²) in [5.41, 5.74) is -1.03. The van der Waals surface area contributed by atoms with Crippen molar-refractivity contribution in [2.45, 2.75) is 0 Å². The van der Waals surface area contributed by atoms with Gasteiger partial charge in [0.15, 0.2) is 5.76 Å². The zero-order valence-corrected chi connectivity index (χ0v) is 19.2. The van der Waals surface area contributed by atoms with Gasteiger partial charge in [-0.15, -0.1) is 0 Å². The van der Waals surface area contributed by atoms with Crippen LogP contribution < -0.4 is 10.3 Å². The number of anilines is 1. The number of fused-ring (bicyclic) bond motifs is 1. The number of amides is 1. The van der Waals surface area contributed by atoms with Crippen molar-refractivity contribution < 1.29 is 28.4 Å². The molecule has 11 nitrogen and oxygen atoms in total. The highest BCUT2D eigenvalue weighted by Gasteiger charge is 2.29. The van der Waals surface area contributed by atoms with Gasteiger partial charge in [-0.2, -0.15) is 0 Å². The van der Waals surface area contributed by atoms with E-state index in [1.54, 1.807) is 21.9 Å². The molecule has 2 aromatic heterocycles. The lowest BCUT2D eigenvalue weighted by atomic mass is 10.1. The topological polar surface area (TPSA) is 139 Å². The molecular weight excluding hydrogens is 487 g/mol. The molecule has 1 amide bonds. The SMILES string of the molecule is O=C(O)c1cn(-c2ccc(F)cc2)c2cc(N3CCN(C(=O)c4ccco4)CC3)c([N+](=O)[O-])cc2c1=O. The van der Waals surface area contributed by atoms with E-state index in [0.717, 1.165) is 12.3 Å². The van der Waals surface area contributed by atoms with Crippen LogP contribution in [0.4, 0.5) is 15.8 Å². The van der Waals surface area contributed by atoms with Gasteiger partial charge in [-0.1, -0.05) is 0 Å². The van der Waals surface area contributed by atoms with Gasteiger partial charge < -0.3 is 23.9 Å². The van der Waals surface area contributed by atoms with Crippen molar-refractivity contribution in [3.63, 3.8) is 0 Å². The molecule has 0 aliphatic carbocycles. The first-order chi connectivity index (χ1) is 17.7. The molecule has 37 heavy (non-hydrogen) atoms. The summed E-state index contributed by atoms with van der Waals surface area (Å²) in [5.74, 6) is -2.09. The van der Waals surface area contributed by atoms with Gasteiger partial charge in [-0.05, 0) is 42.5 Å². The molecule has 0 spiro atoms. The normalized spacial score (nSPS) is 13.6. The van der Waals surface area contributed by atoms with E-state index in [1.807, 2.05) is 0 Å². The third kappa shape index (κ3) is 4.29. The molecule has 1 N–H and O–H groups in total. The summed E-state index contributed by atoms with van der Waals surface area (Å²) in [6.07, 6.45) is 2.52. The van der Waals surface area contributed by atoms with E-state index < -0.39 is 27.7 Å². The summed E-state index contributed by atoms with van der Waals surface area (Å²) in [5, 5.41) is 21.4. The molecule has 2 aromatic carbocycles. The molecule has 0 bridgehead atoms. The van der Waals surface area contributed by atoms with Crippen LogP contribution in [0.25, 0.3) is 16.6 Å². The number of benzene rings is 2. The fourth-order valence-electron chi connectivity index (χ4n) is 4.42. The summed E-state index contributed by atoms with van der Waals surface area (Å²) >= 11 is 0. The minimum Gasteiger partial charge on any atom is -0.477 e. The zero-order chi connectivity index (χ0) is 26.3. The van der Waals surface area contributed by atoms with Crippen molar-refractivity contribution in [2.24, 2.45) is 0 Å². The van der Waals surface area contributed by atoms with Gasteiger partial charge in [-0.25, -0.2) is 9.18 Å². The summed E-state index contributed by atoms with van der Waals surface area (Å²) in [7, 11) is 0. The van der Waals surface area contributed by atoms with Crippen LogP contribution in [0, 0.1) is 15.9 Å². The number of nitro groups is 1. The largest absolute Gasteiger partial charge is 0.477 e. The molecule has 0 radical (unpaired) electrons. The number of nitrogens with zero attached hydrogens (tertiary/aromatic N) is 4. The van der Waals surface area contributed by atoms with Gasteiger partial charge in [0.25, 0.3) is 11.6 Å². The molecule has 0 unspecified atom stereocenters. The highest BCUT2D eigenvalue weighted by molar-refractivity contribution is 5.96. The predicted molar refractivity (Wildman–Crippen MR) is 130 cm³/mol. The Balaban J connectivity index is 1.61. The lowest BCUT2D eigenvalue weighted by molar-refractivity contribution is -0.384. The maximum atomic E-state index is 13.5. The van der Waals surface area contributed by atoms with E-state index >= 15 is 0 Å². The van der Waals surface area contributed by atoms with Crippen LogP contribution in [0.3, 0.4) is 0 Å². The number of nitro benzene ring substituents is 1. The highest BCUT2D eigenvalue weighted by atomic mass is 19.1. The Morgan fingerprint density at radius 3 is 2.35 bits per heavy atom. The number of pyridine rings is 1. The fourth-order valence-corrected chi connectivity index (χ4v) is 4.42. The van der Waals surface area contributed by atoms with Crippen LogP contribution in [0.2, 0.25) is 0 Å². The Morgan fingerprint density at radius 1 is 1.05 bits per heavy atom. The number of carboxylic acids is 1. The number of aromatic carboxylic acids is 1. The number of carboxylic acid groups (broad SMARTS) is 1. The number of carbonyl (C=O) groups is 2. The molecule has 1 aliphatic rings. The van der Waals surface area contributed by atoms with Crippen LogP contribution in [0.15, 0.2) is 70.2 Å². The van der Waals surface area contributed by atoms with Gasteiger partial charge in [0.2, 0.25) is 5.43 Å². The molecule has 1 fully saturated rings. The molecule has 1 saturated heterocycles. The van der Waals surface area contributed by atoms with Crippen molar-refractivity contribution in [2.75, 3.05) is 31.1 Å². The Morgan fingerprint density at radius 2 is 1.76 bits per heavy atom. The van der Waals surface area contributed by atoms with Crippen LogP contribution in [-0.4, -0.2) is 57.6 Å². The van der Waals surface area contributed by atoms with E-state index in [2.05, 4.69) is 0 Å². The number of hydrogen-bond acceptors (Lipinski definition) is 7. The van der Waals surface area contributed by atoms with Crippen LogP contribution in [-0.2, 0) is 0 Å². The number of carbonyl (C=O) groups excluding carboxylic acids is 1. The molecule has 0 saturated carbocycles. The first kappa shape index (κ1) is 23.7. The van der Waals surface area contributed by atoms with Crippen LogP contribution in [0.5, 0.6) is 0 Å². The lowest BCUT2D eigenvalue weighted by Gasteiger charge is -2.35. The molecule has 3 heterocycles. The Kier molecular flexibility index (Phi) is 5.91. The van der Waals surface area contributed by atoms with E-state index in [0.29, 0.717) is 5.69 Å². The van der Waals surface area contributed by atoms with Gasteiger partial charge in [0, 0.05) is 44.1 Å². The van der Waals surface area contributed by atoms with E-state index in [9.17, 15) is 34.0 Å². The molecule has 0 atom stereocenters. The first-order valence-electron chi connectivity index (χ1n) is 11.2. The summed E-state index contributed by atoms with van der Waals surface area (Å²) in [6.45, 7) is 1.09. The van der Waals surface area contributed by atoms with Gasteiger partial charge >= 0.3 is 5.97 Å². The Labute approximate surface area is 207 Å². The summed E-state index contributed by atoms with van der Waals surface area (Å²) in [4.78, 5) is 52.0. The van der Waals surface area contributed by atoms with Crippen LogP contribution >= 0.6 is 0 Å². The zero-order valence-electron chi connectivity index (χ0n) is 19.2. The second-order valence-corrected chi connectivity index (χ2v) is 8.40. The number of furan rings is 1. The van der Waals surface area contributed by atoms with E-state index in [1.165, 1.54) is 41.2 Å². The molecule has 188 valence electrons. The first-order valence-corrected chi connectivity index (χ1v) is 11.2. The molecular formula is C25H19FN4O7. The molecule has 4 aromatic rings. The van der Waals surface area contributed by atoms with Crippen molar-refractivity contribution in [3.05, 3.63) is 98.5 Å². The highest BCUT2D eigenvalue weighted by Crippen LogP contribution is 2.34.